The average Bonchev–Trinajstić information content (AvgIpc) is 2.51. The number of carbonyl (C=O) groups excluding carboxylic acids is 1. The van der Waals surface area contributed by atoms with Gasteiger partial charge in [-0.25, -0.2) is 0 Å². The Morgan fingerprint density at radius 1 is 0.909 bits per heavy atom. The van der Waals surface area contributed by atoms with E-state index in [0.717, 1.165) is 16.3 Å². The minimum Gasteiger partial charge on any atom is -0.322 e. The quantitative estimate of drug-likeness (QED) is 0.641. The third-order valence-corrected chi connectivity index (χ3v) is 4.28. The molecular formula is C18H13Cl2NO. The van der Waals surface area contributed by atoms with Crippen molar-refractivity contribution in [3.63, 3.8) is 0 Å². The molecule has 3 aromatic rings. The summed E-state index contributed by atoms with van der Waals surface area (Å²) < 4.78 is 0. The highest BCUT2D eigenvalue weighted by molar-refractivity contribution is 6.36. The van der Waals surface area contributed by atoms with Crippen LogP contribution in [0.1, 0.15) is 15.9 Å². The molecule has 22 heavy (non-hydrogen) atoms. The van der Waals surface area contributed by atoms with Gasteiger partial charge in [0.1, 0.15) is 0 Å². The molecule has 0 unspecified atom stereocenters. The van der Waals surface area contributed by atoms with Gasteiger partial charge in [0.15, 0.2) is 0 Å². The predicted molar refractivity (Wildman–Crippen MR) is 93.1 cm³/mol. The first-order chi connectivity index (χ1) is 10.6. The van der Waals surface area contributed by atoms with Crippen LogP contribution in [-0.2, 0) is 0 Å². The summed E-state index contributed by atoms with van der Waals surface area (Å²) >= 11 is 12.3. The van der Waals surface area contributed by atoms with Gasteiger partial charge in [0.2, 0.25) is 0 Å². The Bertz CT molecular complexity index is 874. The molecule has 0 heterocycles. The molecule has 3 aromatic carbocycles. The zero-order valence-electron chi connectivity index (χ0n) is 11.9. The largest absolute Gasteiger partial charge is 0.322 e. The number of amides is 1. The van der Waals surface area contributed by atoms with Crippen LogP contribution in [0.5, 0.6) is 0 Å². The summed E-state index contributed by atoms with van der Waals surface area (Å²) in [7, 11) is 0. The molecule has 110 valence electrons. The van der Waals surface area contributed by atoms with Crippen LogP contribution in [0, 0.1) is 6.92 Å². The molecule has 0 saturated heterocycles. The summed E-state index contributed by atoms with van der Waals surface area (Å²) in [5.74, 6) is -0.187. The van der Waals surface area contributed by atoms with Crippen molar-refractivity contribution in [2.24, 2.45) is 0 Å². The maximum atomic E-state index is 12.5. The van der Waals surface area contributed by atoms with Crippen LogP contribution in [0.4, 0.5) is 5.69 Å². The van der Waals surface area contributed by atoms with Crippen LogP contribution in [0.25, 0.3) is 10.8 Å². The Morgan fingerprint density at radius 2 is 1.64 bits per heavy atom. The van der Waals surface area contributed by atoms with E-state index >= 15 is 0 Å². The Hall–Kier alpha value is -2.03. The third kappa shape index (κ3) is 2.80. The molecule has 3 rings (SSSR count). The lowest BCUT2D eigenvalue weighted by molar-refractivity contribution is 0.102. The number of aryl methyl sites for hydroxylation is 1. The van der Waals surface area contributed by atoms with E-state index in [0.29, 0.717) is 21.3 Å². The zero-order valence-corrected chi connectivity index (χ0v) is 13.4. The molecule has 0 aromatic heterocycles. The molecule has 0 aliphatic rings. The number of halogens is 2. The summed E-state index contributed by atoms with van der Waals surface area (Å²) in [4.78, 5) is 12.5. The highest BCUT2D eigenvalue weighted by Crippen LogP contribution is 2.27. The highest BCUT2D eigenvalue weighted by Gasteiger charge is 2.11. The van der Waals surface area contributed by atoms with E-state index < -0.39 is 0 Å². The molecule has 1 N–H and O–H groups in total. The summed E-state index contributed by atoms with van der Waals surface area (Å²) in [6, 6.07) is 16.5. The van der Waals surface area contributed by atoms with Crippen molar-refractivity contribution in [1.82, 2.24) is 0 Å². The van der Waals surface area contributed by atoms with Crippen LogP contribution < -0.4 is 5.32 Å². The van der Waals surface area contributed by atoms with Gasteiger partial charge in [-0.15, -0.1) is 0 Å². The zero-order chi connectivity index (χ0) is 15.7. The molecule has 0 aliphatic carbocycles. The molecule has 0 saturated carbocycles. The number of nitrogens with one attached hydrogen (secondary N) is 1. The van der Waals surface area contributed by atoms with Crippen molar-refractivity contribution in [2.45, 2.75) is 6.92 Å². The number of benzene rings is 3. The van der Waals surface area contributed by atoms with Crippen LogP contribution >= 0.6 is 23.2 Å². The Balaban J connectivity index is 1.99. The van der Waals surface area contributed by atoms with Crippen molar-refractivity contribution in [3.05, 3.63) is 75.8 Å². The molecule has 0 atom stereocenters. The summed E-state index contributed by atoms with van der Waals surface area (Å²) in [5.41, 5.74) is 2.22. The fraction of sp³-hybridized carbons (Fsp3) is 0.0556. The lowest BCUT2D eigenvalue weighted by atomic mass is 10.0. The maximum absolute atomic E-state index is 12.5. The fourth-order valence-corrected chi connectivity index (χ4v) is 2.76. The Labute approximate surface area is 138 Å². The van der Waals surface area contributed by atoms with Crippen LogP contribution in [0.3, 0.4) is 0 Å². The maximum Gasteiger partial charge on any atom is 0.256 e. The van der Waals surface area contributed by atoms with Gasteiger partial charge < -0.3 is 5.32 Å². The number of fused-ring (bicyclic) bond motifs is 1. The van der Waals surface area contributed by atoms with Gasteiger partial charge in [-0.2, -0.15) is 0 Å². The molecule has 0 radical (unpaired) electrons. The van der Waals surface area contributed by atoms with Crippen molar-refractivity contribution >= 4 is 45.6 Å². The Kier molecular flexibility index (Phi) is 4.06. The second-order valence-electron chi connectivity index (χ2n) is 5.06. The lowest BCUT2D eigenvalue weighted by Gasteiger charge is -2.10. The minimum absolute atomic E-state index is 0.187. The first kappa shape index (κ1) is 14.9. The molecule has 2 nitrogen and oxygen atoms in total. The second-order valence-corrected chi connectivity index (χ2v) is 5.87. The van der Waals surface area contributed by atoms with E-state index in [4.69, 9.17) is 23.2 Å². The number of hydrogen-bond acceptors (Lipinski definition) is 1. The van der Waals surface area contributed by atoms with Crippen molar-refractivity contribution < 1.29 is 4.79 Å². The monoisotopic (exact) mass is 329 g/mol. The first-order valence-corrected chi connectivity index (χ1v) is 7.56. The van der Waals surface area contributed by atoms with Gasteiger partial charge in [0.25, 0.3) is 5.91 Å². The highest BCUT2D eigenvalue weighted by atomic mass is 35.5. The van der Waals surface area contributed by atoms with Crippen molar-refractivity contribution in [2.75, 3.05) is 5.32 Å². The van der Waals surface area contributed by atoms with Crippen molar-refractivity contribution in [1.29, 1.82) is 0 Å². The second kappa shape index (κ2) is 5.99. The molecule has 4 heteroatoms. The lowest BCUT2D eigenvalue weighted by Crippen LogP contribution is -2.12. The average molecular weight is 330 g/mol. The van der Waals surface area contributed by atoms with Gasteiger partial charge in [-0.05, 0) is 42.1 Å². The summed E-state index contributed by atoms with van der Waals surface area (Å²) in [5, 5.41) is 5.81. The first-order valence-electron chi connectivity index (χ1n) is 6.81. The minimum atomic E-state index is -0.187. The van der Waals surface area contributed by atoms with E-state index in [-0.39, 0.29) is 5.91 Å². The molecule has 1 amide bonds. The molecule has 0 fully saturated rings. The fourth-order valence-electron chi connectivity index (χ4n) is 2.34. The predicted octanol–water partition coefficient (Wildman–Crippen LogP) is 5.71. The molecule has 0 bridgehead atoms. The van der Waals surface area contributed by atoms with Crippen molar-refractivity contribution in [3.8, 4) is 0 Å². The number of anilines is 1. The normalized spacial score (nSPS) is 10.7. The number of carbonyl (C=O) groups is 1. The third-order valence-electron chi connectivity index (χ3n) is 3.54. The SMILES string of the molecule is Cc1ccc(NC(=O)c2cccc3c(Cl)cccc23)cc1Cl. The summed E-state index contributed by atoms with van der Waals surface area (Å²) in [6.07, 6.45) is 0. The van der Waals surface area contributed by atoms with Gasteiger partial charge in [-0.1, -0.05) is 53.5 Å². The van der Waals surface area contributed by atoms with Gasteiger partial charge in [0, 0.05) is 26.7 Å². The van der Waals surface area contributed by atoms with Crippen LogP contribution in [-0.4, -0.2) is 5.91 Å². The molecule has 0 spiro atoms. The summed E-state index contributed by atoms with van der Waals surface area (Å²) in [6.45, 7) is 1.92. The molecule has 0 aliphatic heterocycles. The van der Waals surface area contributed by atoms with Crippen LogP contribution in [0.2, 0.25) is 10.0 Å². The van der Waals surface area contributed by atoms with E-state index in [1.54, 1.807) is 12.1 Å². The number of hydrogen-bond donors (Lipinski definition) is 1. The van der Waals surface area contributed by atoms with Gasteiger partial charge >= 0.3 is 0 Å². The van der Waals surface area contributed by atoms with Gasteiger partial charge in [0.05, 0.1) is 0 Å². The van der Waals surface area contributed by atoms with Gasteiger partial charge in [-0.3, -0.25) is 4.79 Å². The van der Waals surface area contributed by atoms with E-state index in [9.17, 15) is 4.79 Å². The van der Waals surface area contributed by atoms with E-state index in [1.165, 1.54) is 0 Å². The smallest absolute Gasteiger partial charge is 0.256 e. The van der Waals surface area contributed by atoms with Crippen LogP contribution in [0.15, 0.2) is 54.6 Å². The number of rotatable bonds is 2. The Morgan fingerprint density at radius 3 is 2.41 bits per heavy atom. The molecular weight excluding hydrogens is 317 g/mol. The van der Waals surface area contributed by atoms with E-state index in [2.05, 4.69) is 5.32 Å². The van der Waals surface area contributed by atoms with E-state index in [1.807, 2.05) is 49.4 Å². The standard InChI is InChI=1S/C18H13Cl2NO/c1-11-8-9-12(10-17(11)20)21-18(22)15-6-2-5-14-13(15)4-3-7-16(14)19/h2-10H,1H3,(H,21,22). The topological polar surface area (TPSA) is 29.1 Å².